The van der Waals surface area contributed by atoms with E-state index >= 15 is 0 Å². The lowest BCUT2D eigenvalue weighted by Gasteiger charge is -2.22. The molecule has 1 aliphatic carbocycles. The standard InChI is InChI=1S/C12H24/c1-5-7-10-8-11(10)9-12(3,4)6-2/h10-11H,5-9H2,1-4H3. The van der Waals surface area contributed by atoms with Crippen LogP contribution in [0.5, 0.6) is 0 Å². The van der Waals surface area contributed by atoms with Gasteiger partial charge in [-0.05, 0) is 30.1 Å². The van der Waals surface area contributed by atoms with Crippen molar-refractivity contribution >= 4 is 0 Å². The molecule has 0 aromatic heterocycles. The Morgan fingerprint density at radius 2 is 1.83 bits per heavy atom. The third-order valence-corrected chi connectivity index (χ3v) is 3.50. The van der Waals surface area contributed by atoms with Crippen LogP contribution >= 0.6 is 0 Å². The zero-order valence-electron chi connectivity index (χ0n) is 9.19. The molecular formula is C12H24. The van der Waals surface area contributed by atoms with Gasteiger partial charge in [-0.1, -0.05) is 47.0 Å². The molecule has 2 atom stereocenters. The number of hydrogen-bond acceptors (Lipinski definition) is 0. The lowest BCUT2D eigenvalue weighted by molar-refractivity contribution is 0.294. The lowest BCUT2D eigenvalue weighted by atomic mass is 9.84. The van der Waals surface area contributed by atoms with Gasteiger partial charge in [0.25, 0.3) is 0 Å². The second-order valence-corrected chi connectivity index (χ2v) is 5.27. The van der Waals surface area contributed by atoms with Crippen molar-refractivity contribution in [2.75, 3.05) is 0 Å². The van der Waals surface area contributed by atoms with Crippen molar-refractivity contribution in [3.05, 3.63) is 0 Å². The molecule has 0 aromatic carbocycles. The summed E-state index contributed by atoms with van der Waals surface area (Å²) in [6.45, 7) is 9.44. The van der Waals surface area contributed by atoms with Gasteiger partial charge in [-0.25, -0.2) is 0 Å². The third kappa shape index (κ3) is 2.80. The van der Waals surface area contributed by atoms with Crippen LogP contribution in [-0.2, 0) is 0 Å². The van der Waals surface area contributed by atoms with E-state index in [-0.39, 0.29) is 0 Å². The summed E-state index contributed by atoms with van der Waals surface area (Å²) in [6, 6.07) is 0. The van der Waals surface area contributed by atoms with Crippen LogP contribution in [0.1, 0.15) is 59.8 Å². The average molecular weight is 168 g/mol. The molecule has 0 saturated heterocycles. The first-order chi connectivity index (χ1) is 5.59. The summed E-state index contributed by atoms with van der Waals surface area (Å²) in [6.07, 6.45) is 7.19. The van der Waals surface area contributed by atoms with Gasteiger partial charge in [-0.2, -0.15) is 0 Å². The topological polar surface area (TPSA) is 0 Å². The Bertz CT molecular complexity index is 135. The van der Waals surface area contributed by atoms with Crippen molar-refractivity contribution < 1.29 is 0 Å². The minimum atomic E-state index is 0.604. The molecule has 0 radical (unpaired) electrons. The van der Waals surface area contributed by atoms with E-state index in [4.69, 9.17) is 0 Å². The molecule has 0 heteroatoms. The fourth-order valence-electron chi connectivity index (χ4n) is 2.14. The van der Waals surface area contributed by atoms with Crippen LogP contribution in [0.15, 0.2) is 0 Å². The predicted octanol–water partition coefficient (Wildman–Crippen LogP) is 4.25. The van der Waals surface area contributed by atoms with Crippen LogP contribution in [0, 0.1) is 17.3 Å². The summed E-state index contributed by atoms with van der Waals surface area (Å²) in [4.78, 5) is 0. The highest BCUT2D eigenvalue weighted by molar-refractivity contribution is 4.89. The normalized spacial score (nSPS) is 29.0. The number of hydrogen-bond donors (Lipinski definition) is 0. The highest BCUT2D eigenvalue weighted by Gasteiger charge is 2.38. The fraction of sp³-hybridized carbons (Fsp3) is 1.00. The SMILES string of the molecule is CCCC1CC1CC(C)(C)CC. The van der Waals surface area contributed by atoms with Gasteiger partial charge in [0.05, 0.1) is 0 Å². The Kier molecular flexibility index (Phi) is 3.20. The monoisotopic (exact) mass is 168 g/mol. The maximum Gasteiger partial charge on any atom is -0.0354 e. The molecule has 2 unspecified atom stereocenters. The molecule has 1 rings (SSSR count). The first kappa shape index (κ1) is 10.1. The zero-order chi connectivity index (χ0) is 9.19. The predicted molar refractivity (Wildman–Crippen MR) is 55.2 cm³/mol. The molecule has 0 spiro atoms. The van der Waals surface area contributed by atoms with Crippen LogP contribution in [0.2, 0.25) is 0 Å². The second kappa shape index (κ2) is 3.81. The first-order valence-corrected chi connectivity index (χ1v) is 5.59. The molecule has 0 heterocycles. The summed E-state index contributed by atoms with van der Waals surface area (Å²) in [7, 11) is 0. The van der Waals surface area contributed by atoms with Crippen LogP contribution in [0.25, 0.3) is 0 Å². The maximum atomic E-state index is 2.41. The van der Waals surface area contributed by atoms with E-state index in [0.717, 1.165) is 11.8 Å². The van der Waals surface area contributed by atoms with Gasteiger partial charge in [-0.3, -0.25) is 0 Å². The molecule has 1 saturated carbocycles. The van der Waals surface area contributed by atoms with Crippen LogP contribution in [0.3, 0.4) is 0 Å². The molecule has 12 heavy (non-hydrogen) atoms. The smallest absolute Gasteiger partial charge is 0.0354 e. The van der Waals surface area contributed by atoms with E-state index < -0.39 is 0 Å². The van der Waals surface area contributed by atoms with Crippen LogP contribution in [0.4, 0.5) is 0 Å². The minimum Gasteiger partial charge on any atom is -0.0654 e. The summed E-state index contributed by atoms with van der Waals surface area (Å²) >= 11 is 0. The van der Waals surface area contributed by atoms with Gasteiger partial charge in [0.1, 0.15) is 0 Å². The first-order valence-electron chi connectivity index (χ1n) is 5.59. The quantitative estimate of drug-likeness (QED) is 0.575. The van der Waals surface area contributed by atoms with Gasteiger partial charge in [0, 0.05) is 0 Å². The average Bonchev–Trinajstić information content (AvgIpc) is 2.68. The minimum absolute atomic E-state index is 0.604. The molecule has 0 nitrogen and oxygen atoms in total. The summed E-state index contributed by atoms with van der Waals surface area (Å²) < 4.78 is 0. The summed E-state index contributed by atoms with van der Waals surface area (Å²) in [5, 5.41) is 0. The molecule has 0 bridgehead atoms. The van der Waals surface area contributed by atoms with Crippen molar-refractivity contribution in [2.45, 2.75) is 59.8 Å². The van der Waals surface area contributed by atoms with E-state index in [1.807, 2.05) is 0 Å². The fourth-order valence-corrected chi connectivity index (χ4v) is 2.14. The zero-order valence-corrected chi connectivity index (χ0v) is 9.19. The van der Waals surface area contributed by atoms with Crippen molar-refractivity contribution in [2.24, 2.45) is 17.3 Å². The second-order valence-electron chi connectivity index (χ2n) is 5.27. The van der Waals surface area contributed by atoms with Crippen LogP contribution < -0.4 is 0 Å². The largest absolute Gasteiger partial charge is 0.0654 e. The molecule has 0 aromatic rings. The van der Waals surface area contributed by atoms with Crippen molar-refractivity contribution in [3.63, 3.8) is 0 Å². The van der Waals surface area contributed by atoms with E-state index in [2.05, 4.69) is 27.7 Å². The van der Waals surface area contributed by atoms with E-state index in [9.17, 15) is 0 Å². The Labute approximate surface area is 77.7 Å². The molecule has 0 aliphatic heterocycles. The molecule has 72 valence electrons. The molecular weight excluding hydrogens is 144 g/mol. The van der Waals surface area contributed by atoms with Gasteiger partial charge in [-0.15, -0.1) is 0 Å². The Hall–Kier alpha value is 0. The van der Waals surface area contributed by atoms with Gasteiger partial charge in [0.2, 0.25) is 0 Å². The van der Waals surface area contributed by atoms with Gasteiger partial charge >= 0.3 is 0 Å². The molecule has 1 aliphatic rings. The maximum absolute atomic E-state index is 2.41. The molecule has 0 N–H and O–H groups in total. The van der Waals surface area contributed by atoms with E-state index in [1.54, 1.807) is 0 Å². The van der Waals surface area contributed by atoms with E-state index in [0.29, 0.717) is 5.41 Å². The summed E-state index contributed by atoms with van der Waals surface area (Å²) in [5.74, 6) is 2.18. The third-order valence-electron chi connectivity index (χ3n) is 3.50. The highest BCUT2D eigenvalue weighted by Crippen LogP contribution is 2.49. The molecule has 1 fully saturated rings. The highest BCUT2D eigenvalue weighted by atomic mass is 14.4. The summed E-state index contributed by atoms with van der Waals surface area (Å²) in [5.41, 5.74) is 0.604. The van der Waals surface area contributed by atoms with Crippen LogP contribution in [-0.4, -0.2) is 0 Å². The Balaban J connectivity index is 2.18. The van der Waals surface area contributed by atoms with Gasteiger partial charge < -0.3 is 0 Å². The van der Waals surface area contributed by atoms with E-state index in [1.165, 1.54) is 32.1 Å². The van der Waals surface area contributed by atoms with Gasteiger partial charge in [0.15, 0.2) is 0 Å². The molecule has 0 amide bonds. The van der Waals surface area contributed by atoms with Crippen molar-refractivity contribution in [3.8, 4) is 0 Å². The van der Waals surface area contributed by atoms with Crippen molar-refractivity contribution in [1.29, 1.82) is 0 Å². The Morgan fingerprint density at radius 1 is 1.17 bits per heavy atom. The number of rotatable bonds is 5. The van der Waals surface area contributed by atoms with Crippen molar-refractivity contribution in [1.82, 2.24) is 0 Å². The lowest BCUT2D eigenvalue weighted by Crippen LogP contribution is -2.10. The Morgan fingerprint density at radius 3 is 2.33 bits per heavy atom.